The minimum absolute atomic E-state index is 0.0903. The van der Waals surface area contributed by atoms with Crippen molar-refractivity contribution >= 4 is 37.2 Å². The van der Waals surface area contributed by atoms with Crippen molar-refractivity contribution in [3.8, 4) is 0 Å². The number of carbonyl (C=O) groups is 2. The SMILES string of the molecule is C[C@H]1[C@H]([Si](C)(C)O)[C@@H](CCn2cc(C(CO)c3ccccc3)nn2)O[C@]12C(=O)N(Cc1ccc(N3CCCC3=O)cc1)c1ccc([N+](=O)[O-])cc12. The number of aromatic nitrogens is 3. The Morgan fingerprint density at radius 2 is 1.84 bits per heavy atom. The van der Waals surface area contributed by atoms with Crippen molar-refractivity contribution in [2.45, 2.75) is 75.5 Å². The van der Waals surface area contributed by atoms with Gasteiger partial charge in [0.25, 0.3) is 11.6 Å². The van der Waals surface area contributed by atoms with E-state index < -0.39 is 30.9 Å². The van der Waals surface area contributed by atoms with E-state index in [-0.39, 0.29) is 42.1 Å². The number of aryl methyl sites for hydroxylation is 1. The van der Waals surface area contributed by atoms with E-state index in [0.717, 1.165) is 23.2 Å². The van der Waals surface area contributed by atoms with Crippen LogP contribution in [0, 0.1) is 16.0 Å². The summed E-state index contributed by atoms with van der Waals surface area (Å²) in [4.78, 5) is 53.7. The molecule has 2 amide bonds. The average molecular weight is 711 g/mol. The number of aliphatic hydroxyl groups excluding tert-OH is 1. The summed E-state index contributed by atoms with van der Waals surface area (Å²) in [5.74, 6) is -1.07. The van der Waals surface area contributed by atoms with Gasteiger partial charge in [0, 0.05) is 60.5 Å². The third-order valence-corrected chi connectivity index (χ3v) is 13.3. The maximum absolute atomic E-state index is 14.8. The fourth-order valence-electron chi connectivity index (χ4n) is 8.39. The van der Waals surface area contributed by atoms with Crippen LogP contribution in [0.2, 0.25) is 18.6 Å². The van der Waals surface area contributed by atoms with E-state index in [1.165, 1.54) is 12.1 Å². The molecule has 2 saturated heterocycles. The third-order valence-electron chi connectivity index (χ3n) is 10.8. The summed E-state index contributed by atoms with van der Waals surface area (Å²) in [5, 5.41) is 30.8. The quantitative estimate of drug-likeness (QED) is 0.126. The maximum Gasteiger partial charge on any atom is 0.269 e. The Kier molecular flexibility index (Phi) is 9.12. The normalized spacial score (nSPS) is 23.7. The highest BCUT2D eigenvalue weighted by Crippen LogP contribution is 2.60. The monoisotopic (exact) mass is 710 g/mol. The van der Waals surface area contributed by atoms with E-state index in [0.29, 0.717) is 42.9 Å². The lowest BCUT2D eigenvalue weighted by atomic mass is 9.82. The second-order valence-electron chi connectivity index (χ2n) is 14.4. The van der Waals surface area contributed by atoms with Crippen LogP contribution in [0.15, 0.2) is 79.0 Å². The molecule has 14 heteroatoms. The number of fused-ring (bicyclic) bond motifs is 2. The van der Waals surface area contributed by atoms with Gasteiger partial charge in [-0.1, -0.05) is 54.6 Å². The summed E-state index contributed by atoms with van der Waals surface area (Å²) in [6.07, 6.45) is 2.99. The van der Waals surface area contributed by atoms with Crippen LogP contribution >= 0.6 is 0 Å². The number of non-ortho nitro benzene ring substituents is 1. The second-order valence-corrected chi connectivity index (χ2v) is 18.3. The smallest absolute Gasteiger partial charge is 0.269 e. The standard InChI is InChI=1S/C37H42N6O7Si/c1-24-35(51(2,3)49)33(17-19-40-22-31(38-39-40)29(23-44)26-8-5-4-6-9-26)50-37(24)30-20-28(43(47)48)15-16-32(30)42(36(37)46)21-25-11-13-27(14-12-25)41-18-7-10-34(41)45/h4-6,8-9,11-16,20,22,24,29,33,35,44,49H,7,10,17-19,21,23H2,1-3H3/t24-,29?,33+,35-,37+/m0/s1. The lowest BCUT2D eigenvalue weighted by Crippen LogP contribution is -2.46. The zero-order valence-electron chi connectivity index (χ0n) is 28.9. The highest BCUT2D eigenvalue weighted by Gasteiger charge is 2.66. The molecular formula is C37H42N6O7Si. The molecule has 2 N–H and O–H groups in total. The van der Waals surface area contributed by atoms with Crippen molar-refractivity contribution in [1.29, 1.82) is 0 Å². The topological polar surface area (TPSA) is 164 Å². The molecule has 7 rings (SSSR count). The number of rotatable bonds is 11. The highest BCUT2D eigenvalue weighted by atomic mass is 28.4. The maximum atomic E-state index is 14.8. The number of amides is 2. The van der Waals surface area contributed by atoms with Crippen LogP contribution < -0.4 is 9.80 Å². The molecule has 13 nitrogen and oxygen atoms in total. The van der Waals surface area contributed by atoms with E-state index >= 15 is 0 Å². The van der Waals surface area contributed by atoms with E-state index in [1.54, 1.807) is 26.7 Å². The number of ether oxygens (including phenoxy) is 1. The Bertz CT molecular complexity index is 1950. The number of benzene rings is 3. The molecule has 1 aromatic heterocycles. The Morgan fingerprint density at radius 3 is 2.49 bits per heavy atom. The molecule has 3 aliphatic heterocycles. The summed E-state index contributed by atoms with van der Waals surface area (Å²) >= 11 is 0. The zero-order chi connectivity index (χ0) is 36.1. The van der Waals surface area contributed by atoms with Crippen LogP contribution in [0.1, 0.15) is 54.5 Å². The number of nitro benzene ring substituents is 1. The van der Waals surface area contributed by atoms with Crippen molar-refractivity contribution in [1.82, 2.24) is 15.0 Å². The molecule has 1 unspecified atom stereocenters. The molecule has 266 valence electrons. The first-order chi connectivity index (χ1) is 24.4. The van der Waals surface area contributed by atoms with Crippen molar-refractivity contribution in [2.75, 3.05) is 23.0 Å². The number of hydrogen-bond donors (Lipinski definition) is 2. The van der Waals surface area contributed by atoms with Gasteiger partial charge in [0.15, 0.2) is 13.9 Å². The van der Waals surface area contributed by atoms with Gasteiger partial charge >= 0.3 is 0 Å². The molecule has 1 spiro atoms. The van der Waals surface area contributed by atoms with Crippen LogP contribution in [0.25, 0.3) is 0 Å². The van der Waals surface area contributed by atoms with Gasteiger partial charge in [-0.15, -0.1) is 5.10 Å². The number of anilines is 2. The summed E-state index contributed by atoms with van der Waals surface area (Å²) in [6, 6.07) is 21.6. The minimum Gasteiger partial charge on any atom is -0.432 e. The van der Waals surface area contributed by atoms with Gasteiger partial charge in [0.1, 0.15) is 0 Å². The van der Waals surface area contributed by atoms with Crippen molar-refractivity contribution in [3.63, 3.8) is 0 Å². The summed E-state index contributed by atoms with van der Waals surface area (Å²) < 4.78 is 8.57. The van der Waals surface area contributed by atoms with E-state index in [1.807, 2.05) is 74.6 Å². The zero-order valence-corrected chi connectivity index (χ0v) is 29.9. The van der Waals surface area contributed by atoms with Crippen LogP contribution in [-0.4, -0.2) is 69.2 Å². The fraction of sp³-hybridized carbons (Fsp3) is 0.405. The molecule has 5 atom stereocenters. The molecule has 4 heterocycles. The molecule has 0 aliphatic carbocycles. The predicted octanol–water partition coefficient (Wildman–Crippen LogP) is 4.87. The first-order valence-corrected chi connectivity index (χ1v) is 20.4. The molecule has 4 aromatic rings. The van der Waals surface area contributed by atoms with Crippen LogP contribution in [0.4, 0.5) is 17.1 Å². The number of nitro groups is 1. The number of carbonyl (C=O) groups excluding carboxylic acids is 2. The second kappa shape index (κ2) is 13.4. The van der Waals surface area contributed by atoms with Gasteiger partial charge in [-0.05, 0) is 55.3 Å². The van der Waals surface area contributed by atoms with Crippen molar-refractivity contribution in [3.05, 3.63) is 111 Å². The predicted molar refractivity (Wildman–Crippen MR) is 191 cm³/mol. The first kappa shape index (κ1) is 34.7. The lowest BCUT2D eigenvalue weighted by molar-refractivity contribution is -0.385. The van der Waals surface area contributed by atoms with Crippen LogP contribution in [0.3, 0.4) is 0 Å². The molecule has 0 saturated carbocycles. The largest absolute Gasteiger partial charge is 0.432 e. The summed E-state index contributed by atoms with van der Waals surface area (Å²) in [6.45, 7) is 6.69. The number of nitrogens with zero attached hydrogens (tertiary/aromatic N) is 6. The van der Waals surface area contributed by atoms with Gasteiger partial charge < -0.3 is 24.4 Å². The highest BCUT2D eigenvalue weighted by molar-refractivity contribution is 6.71. The molecule has 2 fully saturated rings. The molecular weight excluding hydrogens is 669 g/mol. The molecule has 3 aromatic carbocycles. The van der Waals surface area contributed by atoms with E-state index in [2.05, 4.69) is 10.3 Å². The van der Waals surface area contributed by atoms with Crippen molar-refractivity contribution in [2.24, 2.45) is 5.92 Å². The molecule has 0 bridgehead atoms. The van der Waals surface area contributed by atoms with Gasteiger partial charge in [-0.2, -0.15) is 0 Å². The van der Waals surface area contributed by atoms with Gasteiger partial charge in [-0.3, -0.25) is 24.4 Å². The third kappa shape index (κ3) is 6.15. The van der Waals surface area contributed by atoms with E-state index in [9.17, 15) is 29.6 Å². The van der Waals surface area contributed by atoms with Crippen LogP contribution in [-0.2, 0) is 33.0 Å². The number of aliphatic hydroxyl groups is 1. The first-order valence-electron chi connectivity index (χ1n) is 17.4. The van der Waals surface area contributed by atoms with E-state index in [4.69, 9.17) is 4.74 Å². The summed E-state index contributed by atoms with van der Waals surface area (Å²) in [5.41, 5.74) is 2.06. The number of hydrogen-bond acceptors (Lipinski definition) is 9. The van der Waals surface area contributed by atoms with Gasteiger partial charge in [-0.25, -0.2) is 0 Å². The molecule has 0 radical (unpaired) electrons. The Labute approximate surface area is 296 Å². The lowest BCUT2D eigenvalue weighted by Gasteiger charge is -2.32. The molecule has 51 heavy (non-hydrogen) atoms. The summed E-state index contributed by atoms with van der Waals surface area (Å²) in [7, 11) is -2.99. The van der Waals surface area contributed by atoms with Gasteiger partial charge in [0.05, 0.1) is 41.5 Å². The average Bonchev–Trinajstić information content (AvgIpc) is 3.88. The Balaban J connectivity index is 1.18. The minimum atomic E-state index is -2.99. The fourth-order valence-corrected chi connectivity index (χ4v) is 11.0. The Hall–Kier alpha value is -4.76. The van der Waals surface area contributed by atoms with Crippen LogP contribution in [0.5, 0.6) is 0 Å². The van der Waals surface area contributed by atoms with Gasteiger partial charge in [0.2, 0.25) is 5.91 Å². The molecule has 3 aliphatic rings. The Morgan fingerprint density at radius 1 is 1.10 bits per heavy atom. The van der Waals surface area contributed by atoms with Crippen molar-refractivity contribution < 1.29 is 29.2 Å².